The van der Waals surface area contributed by atoms with Crippen LogP contribution in [0.4, 0.5) is 5.69 Å². The number of rotatable bonds is 6. The number of hydrogen-bond donors (Lipinski definition) is 1. The quantitative estimate of drug-likeness (QED) is 0.671. The molecule has 1 atom stereocenters. The zero-order valence-corrected chi connectivity index (χ0v) is 16.3. The predicted octanol–water partition coefficient (Wildman–Crippen LogP) is 2.02. The van der Waals surface area contributed by atoms with Crippen LogP contribution in [-0.4, -0.2) is 42.8 Å². The van der Waals surface area contributed by atoms with E-state index in [2.05, 4.69) is 20.4 Å². The third-order valence-electron chi connectivity index (χ3n) is 4.07. The van der Waals surface area contributed by atoms with Crippen molar-refractivity contribution >= 4 is 21.6 Å². The Morgan fingerprint density at radius 2 is 1.93 bits per heavy atom. The molecule has 1 amide bonds. The molecule has 2 aromatic heterocycles. The molecule has 0 bridgehead atoms. The van der Waals surface area contributed by atoms with Crippen LogP contribution in [0, 0.1) is 0 Å². The van der Waals surface area contributed by atoms with E-state index in [-0.39, 0.29) is 11.8 Å². The first-order chi connectivity index (χ1) is 13.3. The molecule has 1 aromatic carbocycles. The third kappa shape index (κ3) is 4.34. The van der Waals surface area contributed by atoms with Crippen LogP contribution < -0.4 is 9.62 Å². The number of benzene rings is 1. The van der Waals surface area contributed by atoms with Crippen LogP contribution in [0.15, 0.2) is 53.3 Å². The Hall–Kier alpha value is -3.27. The summed E-state index contributed by atoms with van der Waals surface area (Å²) in [6, 6.07) is 9.29. The fourth-order valence-electron chi connectivity index (χ4n) is 2.38. The normalized spacial score (nSPS) is 12.4. The Labute approximate surface area is 162 Å². The predicted molar refractivity (Wildman–Crippen MR) is 103 cm³/mol. The highest BCUT2D eigenvalue weighted by Crippen LogP contribution is 2.19. The van der Waals surface area contributed by atoms with Gasteiger partial charge in [-0.05, 0) is 43.3 Å². The first-order valence-electron chi connectivity index (χ1n) is 8.34. The number of aromatic nitrogens is 3. The fraction of sp³-hybridized carbons (Fsp3) is 0.222. The summed E-state index contributed by atoms with van der Waals surface area (Å²) in [6.07, 6.45) is 4.37. The SMILES string of the molecule is CC(NC(=O)c1ccc(N(C)S(C)(=O)=O)cc1)c1nc(-c2cccnc2)no1. The Morgan fingerprint density at radius 3 is 2.54 bits per heavy atom. The molecule has 0 aliphatic heterocycles. The van der Waals surface area contributed by atoms with Crippen LogP contribution in [0.25, 0.3) is 11.4 Å². The maximum absolute atomic E-state index is 12.4. The lowest BCUT2D eigenvalue weighted by Crippen LogP contribution is -2.27. The molecule has 28 heavy (non-hydrogen) atoms. The molecular weight excluding hydrogens is 382 g/mol. The van der Waals surface area contributed by atoms with Gasteiger partial charge in [0.2, 0.25) is 21.7 Å². The molecule has 9 nitrogen and oxygen atoms in total. The molecule has 0 saturated heterocycles. The molecule has 1 N–H and O–H groups in total. The van der Waals surface area contributed by atoms with E-state index in [1.54, 1.807) is 55.7 Å². The minimum Gasteiger partial charge on any atom is -0.341 e. The van der Waals surface area contributed by atoms with Gasteiger partial charge in [0.15, 0.2) is 0 Å². The standard InChI is InChI=1S/C18H19N5O4S/c1-12(18-21-16(22-27-18)14-5-4-10-19-11-14)20-17(24)13-6-8-15(9-7-13)23(2)28(3,25)26/h4-12H,1-3H3,(H,20,24). The zero-order chi connectivity index (χ0) is 20.3. The van der Waals surface area contributed by atoms with Crippen LogP contribution in [0.5, 0.6) is 0 Å². The minimum atomic E-state index is -3.36. The van der Waals surface area contributed by atoms with Crippen molar-refractivity contribution in [2.45, 2.75) is 13.0 Å². The highest BCUT2D eigenvalue weighted by atomic mass is 32.2. The van der Waals surface area contributed by atoms with E-state index in [1.807, 2.05) is 0 Å². The first kappa shape index (κ1) is 19.5. The number of carbonyl (C=O) groups excluding carboxylic acids is 1. The molecule has 0 fully saturated rings. The maximum atomic E-state index is 12.4. The lowest BCUT2D eigenvalue weighted by Gasteiger charge is -2.17. The van der Waals surface area contributed by atoms with Crippen molar-refractivity contribution in [1.82, 2.24) is 20.4 Å². The monoisotopic (exact) mass is 401 g/mol. The number of sulfonamides is 1. The molecule has 146 valence electrons. The van der Waals surface area contributed by atoms with Crippen LogP contribution in [0.2, 0.25) is 0 Å². The molecule has 0 aliphatic rings. The van der Waals surface area contributed by atoms with Gasteiger partial charge in [-0.25, -0.2) is 8.42 Å². The van der Waals surface area contributed by atoms with Gasteiger partial charge in [-0.15, -0.1) is 0 Å². The van der Waals surface area contributed by atoms with Gasteiger partial charge < -0.3 is 9.84 Å². The molecule has 10 heteroatoms. The Bertz CT molecular complexity index is 1060. The first-order valence-corrected chi connectivity index (χ1v) is 10.2. The summed E-state index contributed by atoms with van der Waals surface area (Å²) in [4.78, 5) is 20.7. The zero-order valence-electron chi connectivity index (χ0n) is 15.5. The Balaban J connectivity index is 1.68. The largest absolute Gasteiger partial charge is 0.341 e. The average molecular weight is 401 g/mol. The van der Waals surface area contributed by atoms with Crippen molar-refractivity contribution in [1.29, 1.82) is 0 Å². The second kappa shape index (κ2) is 7.77. The molecule has 3 rings (SSSR count). The highest BCUT2D eigenvalue weighted by molar-refractivity contribution is 7.92. The number of amides is 1. The average Bonchev–Trinajstić information content (AvgIpc) is 3.18. The molecule has 3 aromatic rings. The smallest absolute Gasteiger partial charge is 0.251 e. The van der Waals surface area contributed by atoms with Crippen LogP contribution in [0.1, 0.15) is 29.2 Å². The Morgan fingerprint density at radius 1 is 1.21 bits per heavy atom. The topological polar surface area (TPSA) is 118 Å². The summed E-state index contributed by atoms with van der Waals surface area (Å²) in [5.74, 6) is 0.306. The van der Waals surface area contributed by atoms with Crippen LogP contribution in [-0.2, 0) is 10.0 Å². The Kier molecular flexibility index (Phi) is 5.41. The second-order valence-electron chi connectivity index (χ2n) is 6.17. The summed E-state index contributed by atoms with van der Waals surface area (Å²) < 4.78 is 29.5. The molecule has 0 spiro atoms. The lowest BCUT2D eigenvalue weighted by molar-refractivity contribution is 0.0932. The van der Waals surface area contributed by atoms with Gasteiger partial charge in [-0.3, -0.25) is 14.1 Å². The lowest BCUT2D eigenvalue weighted by atomic mass is 10.2. The van der Waals surface area contributed by atoms with Gasteiger partial charge in [0.25, 0.3) is 5.91 Å². The number of anilines is 1. The van der Waals surface area contributed by atoms with E-state index in [0.717, 1.165) is 10.6 Å². The summed E-state index contributed by atoms with van der Waals surface area (Å²) in [5.41, 5.74) is 1.55. The second-order valence-corrected chi connectivity index (χ2v) is 8.18. The van der Waals surface area contributed by atoms with Crippen molar-refractivity contribution in [2.75, 3.05) is 17.6 Å². The van der Waals surface area contributed by atoms with Crippen LogP contribution >= 0.6 is 0 Å². The molecule has 0 aliphatic carbocycles. The van der Waals surface area contributed by atoms with E-state index in [4.69, 9.17) is 4.52 Å². The van der Waals surface area contributed by atoms with Crippen molar-refractivity contribution in [3.05, 3.63) is 60.2 Å². The van der Waals surface area contributed by atoms with E-state index in [0.29, 0.717) is 22.6 Å². The van der Waals surface area contributed by atoms with Gasteiger partial charge in [-0.1, -0.05) is 5.16 Å². The molecule has 0 radical (unpaired) electrons. The van der Waals surface area contributed by atoms with Crippen molar-refractivity contribution in [2.24, 2.45) is 0 Å². The molecule has 2 heterocycles. The van der Waals surface area contributed by atoms with Crippen LogP contribution in [0.3, 0.4) is 0 Å². The number of nitrogens with one attached hydrogen (secondary N) is 1. The third-order valence-corrected chi connectivity index (χ3v) is 5.28. The van der Waals surface area contributed by atoms with Gasteiger partial charge >= 0.3 is 0 Å². The summed E-state index contributed by atoms with van der Waals surface area (Å²) in [7, 11) is -1.92. The van der Waals surface area contributed by atoms with Crippen molar-refractivity contribution < 1.29 is 17.7 Å². The number of carbonyl (C=O) groups is 1. The minimum absolute atomic E-state index is 0.264. The highest BCUT2D eigenvalue weighted by Gasteiger charge is 2.19. The number of hydrogen-bond acceptors (Lipinski definition) is 7. The van der Waals surface area contributed by atoms with Gasteiger partial charge in [0.05, 0.1) is 11.9 Å². The summed E-state index contributed by atoms with van der Waals surface area (Å²) >= 11 is 0. The van der Waals surface area contributed by atoms with E-state index in [9.17, 15) is 13.2 Å². The van der Waals surface area contributed by atoms with Gasteiger partial charge in [-0.2, -0.15) is 4.98 Å². The molecule has 1 unspecified atom stereocenters. The van der Waals surface area contributed by atoms with E-state index >= 15 is 0 Å². The van der Waals surface area contributed by atoms with Crippen molar-refractivity contribution in [3.8, 4) is 11.4 Å². The molecular formula is C18H19N5O4S. The van der Waals surface area contributed by atoms with Gasteiger partial charge in [0, 0.05) is 30.6 Å². The van der Waals surface area contributed by atoms with E-state index < -0.39 is 16.1 Å². The number of pyridine rings is 1. The van der Waals surface area contributed by atoms with E-state index in [1.165, 1.54) is 7.05 Å². The van der Waals surface area contributed by atoms with Crippen molar-refractivity contribution in [3.63, 3.8) is 0 Å². The maximum Gasteiger partial charge on any atom is 0.251 e. The molecule has 0 saturated carbocycles. The summed E-state index contributed by atoms with van der Waals surface area (Å²) in [5, 5.41) is 6.68. The van der Waals surface area contributed by atoms with Gasteiger partial charge in [0.1, 0.15) is 6.04 Å². The fourth-order valence-corrected chi connectivity index (χ4v) is 2.88. The summed E-state index contributed by atoms with van der Waals surface area (Å²) in [6.45, 7) is 1.73. The number of nitrogens with zero attached hydrogens (tertiary/aromatic N) is 4.